The summed E-state index contributed by atoms with van der Waals surface area (Å²) in [4.78, 5) is 4.32. The summed E-state index contributed by atoms with van der Waals surface area (Å²) in [5.74, 6) is 0. The topological polar surface area (TPSA) is 36.7 Å². The number of fused-ring (bicyclic) bond motifs is 1. The van der Waals surface area contributed by atoms with Crippen LogP contribution >= 0.6 is 15.9 Å². The molecule has 1 aromatic carbocycles. The first-order chi connectivity index (χ1) is 7.24. The van der Waals surface area contributed by atoms with Gasteiger partial charge in [-0.15, -0.1) is 0 Å². The molecule has 3 heteroatoms. The van der Waals surface area contributed by atoms with Gasteiger partial charge in [0.25, 0.3) is 0 Å². The van der Waals surface area contributed by atoms with Gasteiger partial charge in [-0.1, -0.05) is 22.9 Å². The van der Waals surface area contributed by atoms with E-state index in [1.807, 2.05) is 12.1 Å². The number of pyridine rings is 1. The predicted octanol–water partition coefficient (Wildman–Crippen LogP) is 3.43. The van der Waals surface area contributed by atoms with E-state index >= 15 is 0 Å². The average molecular weight is 261 g/mol. The molecular formula is C12H9BrN2. The lowest BCUT2D eigenvalue weighted by Crippen LogP contribution is -1.90. The Hall–Kier alpha value is -1.40. The molecule has 1 heterocycles. The second kappa shape index (κ2) is 4.00. The SMILES string of the molecule is CCc1cc(Br)cc2ccc(C#N)nc12. The van der Waals surface area contributed by atoms with Crippen molar-refractivity contribution in [3.05, 3.63) is 40.0 Å². The molecule has 0 aliphatic heterocycles. The first-order valence-electron chi connectivity index (χ1n) is 4.74. The van der Waals surface area contributed by atoms with E-state index in [1.165, 1.54) is 0 Å². The number of halogens is 1. The standard InChI is InChI=1S/C12H9BrN2/c1-2-8-5-10(13)6-9-3-4-11(7-14)15-12(8)9/h3-6H,2H2,1H3. The van der Waals surface area contributed by atoms with Gasteiger partial charge in [0.05, 0.1) is 5.52 Å². The minimum atomic E-state index is 0.472. The minimum Gasteiger partial charge on any atom is -0.237 e. The summed E-state index contributed by atoms with van der Waals surface area (Å²) in [6, 6.07) is 9.81. The third-order valence-electron chi connectivity index (χ3n) is 2.33. The lowest BCUT2D eigenvalue weighted by atomic mass is 10.1. The summed E-state index contributed by atoms with van der Waals surface area (Å²) < 4.78 is 1.05. The molecule has 2 rings (SSSR count). The summed E-state index contributed by atoms with van der Waals surface area (Å²) in [5.41, 5.74) is 2.57. The highest BCUT2D eigenvalue weighted by molar-refractivity contribution is 9.10. The molecule has 2 aromatic rings. The zero-order chi connectivity index (χ0) is 10.8. The second-order valence-corrected chi connectivity index (χ2v) is 4.21. The van der Waals surface area contributed by atoms with Crippen LogP contribution in [0, 0.1) is 11.3 Å². The minimum absolute atomic E-state index is 0.472. The Kier molecular flexibility index (Phi) is 2.70. The quantitative estimate of drug-likeness (QED) is 0.788. The van der Waals surface area contributed by atoms with E-state index in [4.69, 9.17) is 5.26 Å². The Bertz CT molecular complexity index is 555. The van der Waals surface area contributed by atoms with Gasteiger partial charge in [0.2, 0.25) is 0 Å². The van der Waals surface area contributed by atoms with E-state index in [1.54, 1.807) is 6.07 Å². The number of aryl methyl sites for hydroxylation is 1. The Morgan fingerprint density at radius 2 is 2.20 bits per heavy atom. The van der Waals surface area contributed by atoms with Crippen LogP contribution in [0.15, 0.2) is 28.7 Å². The summed E-state index contributed by atoms with van der Waals surface area (Å²) >= 11 is 3.47. The monoisotopic (exact) mass is 260 g/mol. The number of aromatic nitrogens is 1. The highest BCUT2D eigenvalue weighted by atomic mass is 79.9. The van der Waals surface area contributed by atoms with Crippen molar-refractivity contribution in [2.75, 3.05) is 0 Å². The third kappa shape index (κ3) is 1.86. The van der Waals surface area contributed by atoms with Crippen molar-refractivity contribution in [2.45, 2.75) is 13.3 Å². The van der Waals surface area contributed by atoms with Crippen LogP contribution < -0.4 is 0 Å². The zero-order valence-electron chi connectivity index (χ0n) is 8.29. The van der Waals surface area contributed by atoms with Crippen LogP contribution in [0.25, 0.3) is 10.9 Å². The second-order valence-electron chi connectivity index (χ2n) is 3.30. The van der Waals surface area contributed by atoms with Crippen molar-refractivity contribution >= 4 is 26.8 Å². The molecule has 0 radical (unpaired) electrons. The Morgan fingerprint density at radius 1 is 1.40 bits per heavy atom. The van der Waals surface area contributed by atoms with E-state index in [-0.39, 0.29) is 0 Å². The molecule has 0 amide bonds. The molecule has 0 saturated carbocycles. The molecule has 15 heavy (non-hydrogen) atoms. The van der Waals surface area contributed by atoms with Gasteiger partial charge in [0, 0.05) is 9.86 Å². The number of benzene rings is 1. The maximum atomic E-state index is 8.79. The molecule has 0 aliphatic rings. The van der Waals surface area contributed by atoms with E-state index in [2.05, 4.69) is 40.0 Å². The molecule has 0 fully saturated rings. The largest absolute Gasteiger partial charge is 0.237 e. The number of hydrogen-bond acceptors (Lipinski definition) is 2. The van der Waals surface area contributed by atoms with Gasteiger partial charge in [-0.05, 0) is 36.2 Å². The van der Waals surface area contributed by atoms with Gasteiger partial charge in [-0.2, -0.15) is 5.26 Å². The Morgan fingerprint density at radius 3 is 2.87 bits per heavy atom. The van der Waals surface area contributed by atoms with Gasteiger partial charge in [0.15, 0.2) is 0 Å². The summed E-state index contributed by atoms with van der Waals surface area (Å²) in [6.45, 7) is 2.09. The average Bonchev–Trinajstić information content (AvgIpc) is 2.27. The molecule has 0 atom stereocenters. The molecule has 0 unspecified atom stereocenters. The van der Waals surface area contributed by atoms with Crippen LogP contribution in [-0.2, 0) is 6.42 Å². The van der Waals surface area contributed by atoms with Crippen LogP contribution in [0.1, 0.15) is 18.2 Å². The summed E-state index contributed by atoms with van der Waals surface area (Å²) in [5, 5.41) is 9.86. The highest BCUT2D eigenvalue weighted by Crippen LogP contribution is 2.23. The van der Waals surface area contributed by atoms with Gasteiger partial charge >= 0.3 is 0 Å². The molecule has 2 nitrogen and oxygen atoms in total. The number of nitrogens with zero attached hydrogens (tertiary/aromatic N) is 2. The fourth-order valence-corrected chi connectivity index (χ4v) is 2.12. The van der Waals surface area contributed by atoms with Gasteiger partial charge in [0.1, 0.15) is 11.8 Å². The molecule has 0 saturated heterocycles. The van der Waals surface area contributed by atoms with Crippen molar-refractivity contribution in [2.24, 2.45) is 0 Å². The molecular weight excluding hydrogens is 252 g/mol. The van der Waals surface area contributed by atoms with Gasteiger partial charge < -0.3 is 0 Å². The third-order valence-corrected chi connectivity index (χ3v) is 2.79. The molecule has 0 bridgehead atoms. The number of hydrogen-bond donors (Lipinski definition) is 0. The van der Waals surface area contributed by atoms with Crippen molar-refractivity contribution < 1.29 is 0 Å². The van der Waals surface area contributed by atoms with Crippen LogP contribution in [0.3, 0.4) is 0 Å². The first kappa shape index (κ1) is 10.1. The molecule has 1 aromatic heterocycles. The fourth-order valence-electron chi connectivity index (χ4n) is 1.60. The molecule has 74 valence electrons. The van der Waals surface area contributed by atoms with Crippen LogP contribution in [0.4, 0.5) is 0 Å². The number of rotatable bonds is 1. The molecule has 0 aliphatic carbocycles. The first-order valence-corrected chi connectivity index (χ1v) is 5.53. The van der Waals surface area contributed by atoms with Crippen molar-refractivity contribution in [1.29, 1.82) is 5.26 Å². The Labute approximate surface area is 96.7 Å². The maximum absolute atomic E-state index is 8.79. The smallest absolute Gasteiger partial charge is 0.141 e. The highest BCUT2D eigenvalue weighted by Gasteiger charge is 2.04. The predicted molar refractivity (Wildman–Crippen MR) is 63.5 cm³/mol. The van der Waals surface area contributed by atoms with E-state index < -0.39 is 0 Å². The molecule has 0 spiro atoms. The van der Waals surface area contributed by atoms with E-state index in [0.29, 0.717) is 5.69 Å². The lowest BCUT2D eigenvalue weighted by molar-refractivity contribution is 1.14. The lowest BCUT2D eigenvalue weighted by Gasteiger charge is -2.04. The van der Waals surface area contributed by atoms with E-state index in [0.717, 1.165) is 27.4 Å². The fraction of sp³-hybridized carbons (Fsp3) is 0.167. The van der Waals surface area contributed by atoms with Gasteiger partial charge in [-0.3, -0.25) is 0 Å². The maximum Gasteiger partial charge on any atom is 0.141 e. The van der Waals surface area contributed by atoms with Crippen LogP contribution in [-0.4, -0.2) is 4.98 Å². The Balaban J connectivity index is 2.80. The molecule has 0 N–H and O–H groups in total. The summed E-state index contributed by atoms with van der Waals surface area (Å²) in [6.07, 6.45) is 0.915. The normalized spacial score (nSPS) is 10.2. The van der Waals surface area contributed by atoms with E-state index in [9.17, 15) is 0 Å². The van der Waals surface area contributed by atoms with Crippen molar-refractivity contribution in [1.82, 2.24) is 4.98 Å². The summed E-state index contributed by atoms with van der Waals surface area (Å²) in [7, 11) is 0. The van der Waals surface area contributed by atoms with Crippen LogP contribution in [0.2, 0.25) is 0 Å². The number of nitriles is 1. The zero-order valence-corrected chi connectivity index (χ0v) is 9.87. The van der Waals surface area contributed by atoms with Crippen LogP contribution in [0.5, 0.6) is 0 Å². The van der Waals surface area contributed by atoms with Gasteiger partial charge in [-0.25, -0.2) is 4.98 Å². The van der Waals surface area contributed by atoms with Crippen molar-refractivity contribution in [3.8, 4) is 6.07 Å². The van der Waals surface area contributed by atoms with Crippen molar-refractivity contribution in [3.63, 3.8) is 0 Å².